The molecule has 5 nitrogen and oxygen atoms in total. The van der Waals surface area contributed by atoms with Gasteiger partial charge in [-0.1, -0.05) is 30.3 Å². The molecule has 1 saturated carbocycles. The lowest BCUT2D eigenvalue weighted by Gasteiger charge is -2.20. The average Bonchev–Trinajstić information content (AvgIpc) is 3.16. The van der Waals surface area contributed by atoms with Crippen LogP contribution < -0.4 is 16.4 Å². The van der Waals surface area contributed by atoms with Crippen LogP contribution in [0.3, 0.4) is 0 Å². The van der Waals surface area contributed by atoms with E-state index in [9.17, 15) is 9.59 Å². The Hall–Kier alpha value is -2.04. The van der Waals surface area contributed by atoms with Gasteiger partial charge in [0.1, 0.15) is 0 Å². The van der Waals surface area contributed by atoms with Gasteiger partial charge in [0, 0.05) is 18.5 Å². The Balaban J connectivity index is 1.76. The molecule has 5 heteroatoms. The highest BCUT2D eigenvalue weighted by Gasteiger charge is 2.39. The summed E-state index contributed by atoms with van der Waals surface area (Å²) in [6.45, 7) is 3.65. The number of nitrogens with one attached hydrogen (secondary N) is 2. The normalized spacial score (nSPS) is 21.1. The van der Waals surface area contributed by atoms with Crippen molar-refractivity contribution in [2.24, 2.45) is 11.1 Å². The fraction of sp³-hybridized carbons (Fsp3) is 0.467. The molecule has 2 rings (SSSR count). The van der Waals surface area contributed by atoms with Crippen LogP contribution in [0.2, 0.25) is 0 Å². The monoisotopic (exact) mass is 275 g/mol. The minimum absolute atomic E-state index is 0.175. The lowest BCUT2D eigenvalue weighted by Crippen LogP contribution is -2.46. The zero-order chi connectivity index (χ0) is 14.8. The van der Waals surface area contributed by atoms with Crippen LogP contribution in [0.5, 0.6) is 0 Å². The van der Waals surface area contributed by atoms with Gasteiger partial charge in [-0.25, -0.2) is 4.79 Å². The molecule has 0 radical (unpaired) electrons. The van der Waals surface area contributed by atoms with Crippen molar-refractivity contribution in [3.8, 4) is 0 Å². The van der Waals surface area contributed by atoms with Crippen molar-refractivity contribution < 1.29 is 9.59 Å². The second kappa shape index (κ2) is 5.53. The average molecular weight is 275 g/mol. The zero-order valence-electron chi connectivity index (χ0n) is 11.8. The van der Waals surface area contributed by atoms with Crippen molar-refractivity contribution in [2.45, 2.75) is 32.2 Å². The molecule has 0 heterocycles. The van der Waals surface area contributed by atoms with Gasteiger partial charge in [-0.15, -0.1) is 0 Å². The van der Waals surface area contributed by atoms with Crippen LogP contribution in [0.1, 0.15) is 31.7 Å². The van der Waals surface area contributed by atoms with E-state index in [1.165, 1.54) is 5.56 Å². The smallest absolute Gasteiger partial charge is 0.315 e. The van der Waals surface area contributed by atoms with E-state index < -0.39 is 11.3 Å². The van der Waals surface area contributed by atoms with E-state index >= 15 is 0 Å². The Labute approximate surface area is 118 Å². The summed E-state index contributed by atoms with van der Waals surface area (Å²) < 4.78 is 0. The first-order chi connectivity index (χ1) is 9.40. The van der Waals surface area contributed by atoms with Crippen LogP contribution in [-0.4, -0.2) is 24.5 Å². The standard InChI is InChI=1S/C15H21N3O2/c1-15(2,13(16)19)9-17-14(20)18-12-8-11(12)10-6-4-3-5-7-10/h3-7,11-12H,8-9H2,1-2H3,(H2,16,19)(H2,17,18,20)/t11-,12+/m1/s1. The van der Waals surface area contributed by atoms with Gasteiger partial charge >= 0.3 is 6.03 Å². The maximum absolute atomic E-state index is 11.8. The molecule has 1 fully saturated rings. The lowest BCUT2D eigenvalue weighted by molar-refractivity contribution is -0.125. The number of hydrogen-bond acceptors (Lipinski definition) is 2. The molecule has 0 bridgehead atoms. The summed E-state index contributed by atoms with van der Waals surface area (Å²) in [6.07, 6.45) is 0.955. The number of urea groups is 1. The number of primary amides is 1. The summed E-state index contributed by atoms with van der Waals surface area (Å²) in [5.41, 5.74) is 5.77. The summed E-state index contributed by atoms with van der Waals surface area (Å²) in [5.74, 6) is -0.0301. The van der Waals surface area contributed by atoms with Crippen LogP contribution in [0, 0.1) is 5.41 Å². The second-order valence-corrected chi connectivity index (χ2v) is 5.93. The Bertz CT molecular complexity index is 499. The summed E-state index contributed by atoms with van der Waals surface area (Å²) >= 11 is 0. The van der Waals surface area contributed by atoms with E-state index in [0.717, 1.165) is 6.42 Å². The number of carbonyl (C=O) groups excluding carboxylic acids is 2. The maximum Gasteiger partial charge on any atom is 0.315 e. The third-order valence-electron chi connectivity index (χ3n) is 3.69. The van der Waals surface area contributed by atoms with Gasteiger partial charge in [0.15, 0.2) is 0 Å². The van der Waals surface area contributed by atoms with Gasteiger partial charge in [0.2, 0.25) is 5.91 Å². The third-order valence-corrected chi connectivity index (χ3v) is 3.69. The highest BCUT2D eigenvalue weighted by molar-refractivity contribution is 5.81. The minimum Gasteiger partial charge on any atom is -0.369 e. The molecular formula is C15H21N3O2. The molecule has 0 saturated heterocycles. The van der Waals surface area contributed by atoms with Crippen LogP contribution in [0.15, 0.2) is 30.3 Å². The number of hydrogen-bond donors (Lipinski definition) is 3. The fourth-order valence-electron chi connectivity index (χ4n) is 2.03. The van der Waals surface area contributed by atoms with E-state index in [0.29, 0.717) is 5.92 Å². The quantitative estimate of drug-likeness (QED) is 0.758. The molecule has 1 aromatic rings. The predicted octanol–water partition coefficient (Wildman–Crippen LogP) is 1.35. The van der Waals surface area contributed by atoms with Gasteiger partial charge in [0.25, 0.3) is 0 Å². The fourth-order valence-corrected chi connectivity index (χ4v) is 2.03. The van der Waals surface area contributed by atoms with Crippen molar-refractivity contribution in [2.75, 3.05) is 6.54 Å². The number of amides is 3. The Morgan fingerprint density at radius 1 is 1.30 bits per heavy atom. The molecular weight excluding hydrogens is 254 g/mol. The third kappa shape index (κ3) is 3.50. The molecule has 1 aliphatic carbocycles. The number of rotatable bonds is 5. The molecule has 0 spiro atoms. The van der Waals surface area contributed by atoms with Gasteiger partial charge in [0.05, 0.1) is 5.41 Å². The van der Waals surface area contributed by atoms with E-state index in [4.69, 9.17) is 5.73 Å². The van der Waals surface area contributed by atoms with Gasteiger partial charge < -0.3 is 16.4 Å². The summed E-state index contributed by atoms with van der Waals surface area (Å²) in [5, 5.41) is 5.61. The molecule has 1 aliphatic rings. The molecule has 3 amide bonds. The van der Waals surface area contributed by atoms with Crippen LogP contribution in [0.25, 0.3) is 0 Å². The molecule has 0 unspecified atom stereocenters. The van der Waals surface area contributed by atoms with Crippen LogP contribution in [-0.2, 0) is 4.79 Å². The van der Waals surface area contributed by atoms with E-state index in [-0.39, 0.29) is 18.6 Å². The molecule has 108 valence electrons. The Morgan fingerprint density at radius 2 is 1.95 bits per heavy atom. The van der Waals surface area contributed by atoms with Crippen molar-refractivity contribution in [1.29, 1.82) is 0 Å². The molecule has 4 N–H and O–H groups in total. The predicted molar refractivity (Wildman–Crippen MR) is 77.1 cm³/mol. The van der Waals surface area contributed by atoms with Crippen molar-refractivity contribution in [3.63, 3.8) is 0 Å². The summed E-state index contributed by atoms with van der Waals surface area (Å²) in [7, 11) is 0. The summed E-state index contributed by atoms with van der Waals surface area (Å²) in [6, 6.07) is 10.0. The Kier molecular flexibility index (Phi) is 3.97. The molecule has 1 aromatic carbocycles. The molecule has 2 atom stereocenters. The Morgan fingerprint density at radius 3 is 2.55 bits per heavy atom. The van der Waals surface area contributed by atoms with Gasteiger partial charge in [-0.05, 0) is 25.8 Å². The minimum atomic E-state index is -0.736. The highest BCUT2D eigenvalue weighted by Crippen LogP contribution is 2.40. The van der Waals surface area contributed by atoms with Crippen LogP contribution in [0.4, 0.5) is 4.79 Å². The SMILES string of the molecule is CC(C)(CNC(=O)N[C@H]1C[C@@H]1c1ccccc1)C(N)=O. The second-order valence-electron chi connectivity index (χ2n) is 5.93. The van der Waals surface area contributed by atoms with Gasteiger partial charge in [-0.2, -0.15) is 0 Å². The van der Waals surface area contributed by atoms with Gasteiger partial charge in [-0.3, -0.25) is 4.79 Å². The molecule has 0 aromatic heterocycles. The number of benzene rings is 1. The van der Waals surface area contributed by atoms with Crippen molar-refractivity contribution in [3.05, 3.63) is 35.9 Å². The zero-order valence-corrected chi connectivity index (χ0v) is 11.8. The first-order valence-corrected chi connectivity index (χ1v) is 6.79. The van der Waals surface area contributed by atoms with E-state index in [1.807, 2.05) is 18.2 Å². The lowest BCUT2D eigenvalue weighted by atomic mass is 9.93. The first kappa shape index (κ1) is 14.4. The first-order valence-electron chi connectivity index (χ1n) is 6.79. The number of nitrogens with two attached hydrogens (primary N) is 1. The van der Waals surface area contributed by atoms with Crippen LogP contribution >= 0.6 is 0 Å². The van der Waals surface area contributed by atoms with E-state index in [2.05, 4.69) is 22.8 Å². The largest absolute Gasteiger partial charge is 0.369 e. The van der Waals surface area contributed by atoms with E-state index in [1.54, 1.807) is 13.8 Å². The van der Waals surface area contributed by atoms with Crippen molar-refractivity contribution >= 4 is 11.9 Å². The molecule has 20 heavy (non-hydrogen) atoms. The molecule has 0 aliphatic heterocycles. The van der Waals surface area contributed by atoms with Crippen molar-refractivity contribution in [1.82, 2.24) is 10.6 Å². The number of carbonyl (C=O) groups is 2. The summed E-state index contributed by atoms with van der Waals surface area (Å²) in [4.78, 5) is 22.9. The maximum atomic E-state index is 11.8. The highest BCUT2D eigenvalue weighted by atomic mass is 16.2. The topological polar surface area (TPSA) is 84.2 Å².